The molecular weight excluding hydrogens is 128 g/mol. The second kappa shape index (κ2) is 2.34. The summed E-state index contributed by atoms with van der Waals surface area (Å²) in [6, 6.07) is 0. The fourth-order valence-electron chi connectivity index (χ4n) is 0.959. The van der Waals surface area contributed by atoms with Gasteiger partial charge in [0.25, 0.3) is 0 Å². The van der Waals surface area contributed by atoms with Gasteiger partial charge in [0.15, 0.2) is 0 Å². The Labute approximate surface area is 60.1 Å². The van der Waals surface area contributed by atoms with Gasteiger partial charge in [0, 0.05) is 13.1 Å². The molecule has 0 saturated carbocycles. The second-order valence-corrected chi connectivity index (χ2v) is 2.39. The zero-order valence-electron chi connectivity index (χ0n) is 5.73. The molecule has 3 nitrogen and oxygen atoms in total. The third-order valence-electron chi connectivity index (χ3n) is 1.68. The van der Waals surface area contributed by atoms with E-state index >= 15 is 0 Å². The summed E-state index contributed by atoms with van der Waals surface area (Å²) < 4.78 is 0. The molecule has 0 aliphatic carbocycles. The molecule has 0 aromatic heterocycles. The maximum atomic E-state index is 5.17. The molecular formula is C7H10N2O. The highest BCUT2D eigenvalue weighted by molar-refractivity contribution is 5.01. The Hall–Kier alpha value is -0.960. The van der Waals surface area contributed by atoms with Gasteiger partial charge in [-0.3, -0.25) is 0 Å². The molecule has 0 amide bonds. The van der Waals surface area contributed by atoms with Gasteiger partial charge in [0.05, 0.1) is 6.20 Å². The summed E-state index contributed by atoms with van der Waals surface area (Å²) in [5.74, 6) is 0. The number of allylic oxidation sites excluding steroid dienone is 2. The van der Waals surface area contributed by atoms with Crippen LogP contribution in [0.3, 0.4) is 0 Å². The van der Waals surface area contributed by atoms with Gasteiger partial charge in [-0.25, -0.2) is 0 Å². The lowest BCUT2D eigenvalue weighted by Gasteiger charge is -2.38. The Balaban J connectivity index is 1.92. The molecule has 10 heavy (non-hydrogen) atoms. The minimum absolute atomic E-state index is 1.11. The Morgan fingerprint density at radius 1 is 1.20 bits per heavy atom. The number of rotatable bonds is 1. The third-order valence-corrected chi connectivity index (χ3v) is 1.68. The number of hydroxylamine groups is 1. The number of hydrazine groups is 1. The fraction of sp³-hybridized carbons (Fsp3) is 0.429. The Morgan fingerprint density at radius 2 is 2.10 bits per heavy atom. The lowest BCUT2D eigenvalue weighted by atomic mass is 10.3. The summed E-state index contributed by atoms with van der Waals surface area (Å²) in [6.45, 7) is 2.22. The standard InChI is InChI=1S/C7H10N2O/c1-2-7-10-9(6-1)8-4-3-5-8/h1-2,6-7H,3-5H2. The van der Waals surface area contributed by atoms with Crippen molar-refractivity contribution in [1.29, 1.82) is 0 Å². The normalized spacial score (nSPS) is 24.2. The minimum Gasteiger partial charge on any atom is -0.372 e. The average Bonchev–Trinajstić information content (AvgIpc) is 1.86. The minimum atomic E-state index is 1.11. The first-order valence-corrected chi connectivity index (χ1v) is 3.51. The van der Waals surface area contributed by atoms with Crippen LogP contribution < -0.4 is 0 Å². The highest BCUT2D eigenvalue weighted by Gasteiger charge is 2.20. The van der Waals surface area contributed by atoms with Crippen molar-refractivity contribution in [2.45, 2.75) is 6.42 Å². The van der Waals surface area contributed by atoms with E-state index < -0.39 is 0 Å². The molecule has 2 aliphatic rings. The van der Waals surface area contributed by atoms with Crippen LogP contribution in [-0.2, 0) is 4.84 Å². The molecule has 3 heteroatoms. The molecule has 54 valence electrons. The SMILES string of the molecule is C1=CON(N2CCC2)C=C1. The molecule has 0 atom stereocenters. The summed E-state index contributed by atoms with van der Waals surface area (Å²) in [7, 11) is 0. The zero-order chi connectivity index (χ0) is 6.81. The molecule has 0 spiro atoms. The average molecular weight is 138 g/mol. The second-order valence-electron chi connectivity index (χ2n) is 2.39. The van der Waals surface area contributed by atoms with E-state index in [1.807, 2.05) is 18.4 Å². The maximum absolute atomic E-state index is 5.17. The van der Waals surface area contributed by atoms with Crippen molar-refractivity contribution >= 4 is 0 Å². The summed E-state index contributed by atoms with van der Waals surface area (Å²) in [4.78, 5) is 5.17. The van der Waals surface area contributed by atoms with Crippen molar-refractivity contribution in [2.24, 2.45) is 0 Å². The van der Waals surface area contributed by atoms with Gasteiger partial charge in [-0.15, -0.1) is 5.17 Å². The van der Waals surface area contributed by atoms with Gasteiger partial charge in [0.1, 0.15) is 6.26 Å². The molecule has 0 N–H and O–H groups in total. The third kappa shape index (κ3) is 0.885. The highest BCUT2D eigenvalue weighted by atomic mass is 16.7. The van der Waals surface area contributed by atoms with Gasteiger partial charge in [0.2, 0.25) is 0 Å². The summed E-state index contributed by atoms with van der Waals surface area (Å²) in [6.07, 6.45) is 8.70. The molecule has 0 radical (unpaired) electrons. The van der Waals surface area contributed by atoms with E-state index in [9.17, 15) is 0 Å². The van der Waals surface area contributed by atoms with Crippen LogP contribution in [0, 0.1) is 0 Å². The van der Waals surface area contributed by atoms with Crippen molar-refractivity contribution in [1.82, 2.24) is 10.2 Å². The molecule has 0 aromatic carbocycles. The van der Waals surface area contributed by atoms with E-state index in [1.54, 1.807) is 11.4 Å². The van der Waals surface area contributed by atoms with E-state index in [-0.39, 0.29) is 0 Å². The lowest BCUT2D eigenvalue weighted by molar-refractivity contribution is -0.237. The first-order valence-electron chi connectivity index (χ1n) is 3.51. The lowest BCUT2D eigenvalue weighted by Crippen LogP contribution is -2.47. The summed E-state index contributed by atoms with van der Waals surface area (Å²) in [5, 5.41) is 3.91. The predicted octanol–water partition coefficient (Wildman–Crippen LogP) is 0.882. The van der Waals surface area contributed by atoms with E-state index in [0.29, 0.717) is 0 Å². The molecule has 2 aliphatic heterocycles. The van der Waals surface area contributed by atoms with Crippen molar-refractivity contribution in [3.8, 4) is 0 Å². The van der Waals surface area contributed by atoms with Crippen LogP contribution in [0.1, 0.15) is 6.42 Å². The Bertz CT molecular complexity index is 172. The van der Waals surface area contributed by atoms with Crippen molar-refractivity contribution in [2.75, 3.05) is 13.1 Å². The number of hydrogen-bond donors (Lipinski definition) is 0. The molecule has 2 rings (SSSR count). The van der Waals surface area contributed by atoms with Crippen molar-refractivity contribution < 1.29 is 4.84 Å². The Morgan fingerprint density at radius 3 is 2.60 bits per heavy atom. The van der Waals surface area contributed by atoms with Crippen LogP contribution in [0.15, 0.2) is 24.6 Å². The fourth-order valence-corrected chi connectivity index (χ4v) is 0.959. The van der Waals surface area contributed by atoms with Gasteiger partial charge in [-0.1, -0.05) is 0 Å². The molecule has 0 aromatic rings. The molecule has 1 saturated heterocycles. The largest absolute Gasteiger partial charge is 0.372 e. The van der Waals surface area contributed by atoms with Gasteiger partial charge < -0.3 is 4.84 Å². The van der Waals surface area contributed by atoms with Gasteiger partial charge in [-0.05, 0) is 18.6 Å². The van der Waals surface area contributed by atoms with Crippen LogP contribution in [0.5, 0.6) is 0 Å². The summed E-state index contributed by atoms with van der Waals surface area (Å²) >= 11 is 0. The zero-order valence-corrected chi connectivity index (χ0v) is 5.73. The van der Waals surface area contributed by atoms with Crippen molar-refractivity contribution in [3.05, 3.63) is 24.6 Å². The first kappa shape index (κ1) is 5.80. The van der Waals surface area contributed by atoms with E-state index in [0.717, 1.165) is 13.1 Å². The topological polar surface area (TPSA) is 15.7 Å². The van der Waals surface area contributed by atoms with Crippen molar-refractivity contribution in [3.63, 3.8) is 0 Å². The number of hydrogen-bond acceptors (Lipinski definition) is 3. The molecule has 0 bridgehead atoms. The highest BCUT2D eigenvalue weighted by Crippen LogP contribution is 2.13. The Kier molecular flexibility index (Phi) is 1.36. The van der Waals surface area contributed by atoms with E-state index in [4.69, 9.17) is 4.84 Å². The van der Waals surface area contributed by atoms with Crippen LogP contribution in [0.2, 0.25) is 0 Å². The van der Waals surface area contributed by atoms with Crippen LogP contribution in [0.25, 0.3) is 0 Å². The predicted molar refractivity (Wildman–Crippen MR) is 37.4 cm³/mol. The molecule has 1 fully saturated rings. The molecule has 2 heterocycles. The van der Waals surface area contributed by atoms with E-state index in [1.165, 1.54) is 6.42 Å². The smallest absolute Gasteiger partial charge is 0.121 e. The maximum Gasteiger partial charge on any atom is 0.121 e. The van der Waals surface area contributed by atoms with E-state index in [2.05, 4.69) is 5.01 Å². The van der Waals surface area contributed by atoms with Gasteiger partial charge >= 0.3 is 0 Å². The van der Waals surface area contributed by atoms with Crippen LogP contribution in [0.4, 0.5) is 0 Å². The van der Waals surface area contributed by atoms with Crippen LogP contribution >= 0.6 is 0 Å². The van der Waals surface area contributed by atoms with Gasteiger partial charge in [-0.2, -0.15) is 5.01 Å². The quantitative estimate of drug-likeness (QED) is 0.535. The number of nitrogens with zero attached hydrogens (tertiary/aromatic N) is 2. The first-order chi connectivity index (χ1) is 4.97. The van der Waals surface area contributed by atoms with Crippen LogP contribution in [-0.4, -0.2) is 23.3 Å². The molecule has 0 unspecified atom stereocenters. The summed E-state index contributed by atoms with van der Waals surface area (Å²) in [5.41, 5.74) is 0. The monoisotopic (exact) mass is 138 g/mol.